The summed E-state index contributed by atoms with van der Waals surface area (Å²) in [6, 6.07) is 0. The molecule has 0 heterocycles. The molecule has 0 aromatic carbocycles. The maximum absolute atomic E-state index is 10.7. The molecule has 2 heteroatoms. The van der Waals surface area contributed by atoms with E-state index in [9.17, 15) is 4.79 Å². The summed E-state index contributed by atoms with van der Waals surface area (Å²) in [5, 5.41) is 0. The molecule has 0 aliphatic heterocycles. The Kier molecular flexibility index (Phi) is 6.07. The van der Waals surface area contributed by atoms with E-state index in [1.54, 1.807) is 0 Å². The lowest BCUT2D eigenvalue weighted by atomic mass is 10.1. The average molecular weight is 167 g/mol. The Labute approximate surface area is 74.1 Å². The first-order valence-electron chi connectivity index (χ1n) is 4.34. The molecule has 0 aromatic heterocycles. The minimum absolute atomic E-state index is 0.388. The fourth-order valence-corrected chi connectivity index (χ4v) is 0.936. The summed E-state index contributed by atoms with van der Waals surface area (Å²) in [6.45, 7) is 5.66. The van der Waals surface area contributed by atoms with Crippen LogP contribution in [0, 0.1) is 0 Å². The molecule has 0 spiro atoms. The monoisotopic (exact) mass is 167 g/mol. The van der Waals surface area contributed by atoms with Gasteiger partial charge < -0.3 is 5.73 Å². The molecule has 0 atom stereocenters. The molecule has 0 aliphatic rings. The van der Waals surface area contributed by atoms with Gasteiger partial charge in [0.15, 0.2) is 0 Å². The maximum atomic E-state index is 10.7. The third-order valence-electron chi connectivity index (χ3n) is 1.68. The molecule has 1 amide bonds. The molecule has 0 unspecified atom stereocenters. The highest BCUT2D eigenvalue weighted by molar-refractivity contribution is 5.94. The number of hydrogen-bond donors (Lipinski definition) is 1. The van der Waals surface area contributed by atoms with E-state index in [4.69, 9.17) is 5.73 Å². The highest BCUT2D eigenvalue weighted by atomic mass is 16.1. The van der Waals surface area contributed by atoms with Crippen LogP contribution in [0.4, 0.5) is 0 Å². The molecule has 0 fully saturated rings. The van der Waals surface area contributed by atoms with Gasteiger partial charge in [-0.2, -0.15) is 0 Å². The van der Waals surface area contributed by atoms with E-state index in [0.29, 0.717) is 5.57 Å². The number of carbonyl (C=O) groups is 1. The van der Waals surface area contributed by atoms with Crippen molar-refractivity contribution < 1.29 is 4.79 Å². The molecule has 2 N–H and O–H groups in total. The summed E-state index contributed by atoms with van der Waals surface area (Å²) in [4.78, 5) is 10.7. The number of amides is 1. The number of carbonyl (C=O) groups excluding carboxylic acids is 1. The second-order valence-corrected chi connectivity index (χ2v) is 2.72. The van der Waals surface area contributed by atoms with Gasteiger partial charge in [-0.3, -0.25) is 4.79 Å². The summed E-state index contributed by atoms with van der Waals surface area (Å²) in [5.74, 6) is -0.388. The normalized spacial score (nSPS) is 11.2. The molecule has 0 saturated carbocycles. The van der Waals surface area contributed by atoms with E-state index in [1.165, 1.54) is 18.9 Å². The van der Waals surface area contributed by atoms with Crippen LogP contribution < -0.4 is 5.73 Å². The predicted molar refractivity (Wildman–Crippen MR) is 51.6 cm³/mol. The molecule has 0 saturated heterocycles. The predicted octanol–water partition coefficient (Wildman–Crippen LogP) is 2.16. The Balaban J connectivity index is 3.79. The van der Waals surface area contributed by atoms with Crippen LogP contribution in [0.1, 0.15) is 32.6 Å². The lowest BCUT2D eigenvalue weighted by molar-refractivity contribution is -0.114. The second kappa shape index (κ2) is 6.65. The van der Waals surface area contributed by atoms with E-state index >= 15 is 0 Å². The molecule has 0 aromatic rings. The van der Waals surface area contributed by atoms with Crippen molar-refractivity contribution in [3.63, 3.8) is 0 Å². The molecule has 0 aliphatic carbocycles. The zero-order chi connectivity index (χ0) is 9.40. The highest BCUT2D eigenvalue weighted by Crippen LogP contribution is 2.03. The number of rotatable bonds is 6. The van der Waals surface area contributed by atoms with Crippen molar-refractivity contribution in [2.75, 3.05) is 0 Å². The van der Waals surface area contributed by atoms with Gasteiger partial charge >= 0.3 is 0 Å². The minimum atomic E-state index is -0.388. The fraction of sp³-hybridized carbons (Fsp3) is 0.500. The van der Waals surface area contributed by atoms with Gasteiger partial charge in [-0.15, -0.1) is 0 Å². The van der Waals surface area contributed by atoms with E-state index < -0.39 is 0 Å². The van der Waals surface area contributed by atoms with Crippen molar-refractivity contribution in [2.45, 2.75) is 32.6 Å². The van der Waals surface area contributed by atoms with Crippen molar-refractivity contribution >= 4 is 5.91 Å². The van der Waals surface area contributed by atoms with Gasteiger partial charge in [0, 0.05) is 5.57 Å². The Bertz CT molecular complexity index is 182. The zero-order valence-corrected chi connectivity index (χ0v) is 7.68. The van der Waals surface area contributed by atoms with Crippen molar-refractivity contribution in [2.24, 2.45) is 5.73 Å². The Hall–Kier alpha value is -1.05. The molecular weight excluding hydrogens is 150 g/mol. The molecule has 0 rings (SSSR count). The van der Waals surface area contributed by atoms with Gasteiger partial charge in [0.25, 0.3) is 0 Å². The van der Waals surface area contributed by atoms with Crippen LogP contribution in [-0.2, 0) is 4.79 Å². The summed E-state index contributed by atoms with van der Waals surface area (Å²) >= 11 is 0. The SMILES string of the molecule is C=CC(=CCCCCC)C(N)=O. The largest absolute Gasteiger partial charge is 0.366 e. The van der Waals surface area contributed by atoms with Crippen LogP contribution in [-0.4, -0.2) is 5.91 Å². The van der Waals surface area contributed by atoms with Crippen LogP contribution in [0.25, 0.3) is 0 Å². The number of allylic oxidation sites excluding steroid dienone is 1. The topological polar surface area (TPSA) is 43.1 Å². The summed E-state index contributed by atoms with van der Waals surface area (Å²) in [6.07, 6.45) is 7.77. The van der Waals surface area contributed by atoms with Crippen LogP contribution in [0.2, 0.25) is 0 Å². The van der Waals surface area contributed by atoms with E-state index in [0.717, 1.165) is 12.8 Å². The first-order valence-corrected chi connectivity index (χ1v) is 4.34. The number of unbranched alkanes of at least 4 members (excludes halogenated alkanes) is 3. The van der Waals surface area contributed by atoms with Gasteiger partial charge in [-0.1, -0.05) is 38.5 Å². The van der Waals surface area contributed by atoms with Gasteiger partial charge in [0.1, 0.15) is 0 Å². The average Bonchev–Trinajstić information content (AvgIpc) is 2.04. The fourth-order valence-electron chi connectivity index (χ4n) is 0.936. The summed E-state index contributed by atoms with van der Waals surface area (Å²) < 4.78 is 0. The highest BCUT2D eigenvalue weighted by Gasteiger charge is 1.97. The van der Waals surface area contributed by atoms with Crippen LogP contribution >= 0.6 is 0 Å². The van der Waals surface area contributed by atoms with Gasteiger partial charge in [-0.25, -0.2) is 0 Å². The standard InChI is InChI=1S/C10H17NO/c1-3-5-6-7-8-9(4-2)10(11)12/h4,8H,2-3,5-7H2,1H3,(H2,11,12). The Morgan fingerprint density at radius 3 is 2.58 bits per heavy atom. The zero-order valence-electron chi connectivity index (χ0n) is 7.68. The van der Waals surface area contributed by atoms with Crippen LogP contribution in [0.15, 0.2) is 24.3 Å². The quantitative estimate of drug-likeness (QED) is 0.367. The molecule has 68 valence electrons. The van der Waals surface area contributed by atoms with E-state index in [-0.39, 0.29) is 5.91 Å². The third kappa shape index (κ3) is 4.72. The van der Waals surface area contributed by atoms with E-state index in [1.807, 2.05) is 6.08 Å². The minimum Gasteiger partial charge on any atom is -0.366 e. The van der Waals surface area contributed by atoms with Gasteiger partial charge in [0.05, 0.1) is 0 Å². The van der Waals surface area contributed by atoms with Crippen molar-refractivity contribution in [3.8, 4) is 0 Å². The van der Waals surface area contributed by atoms with E-state index in [2.05, 4.69) is 13.5 Å². The van der Waals surface area contributed by atoms with Crippen molar-refractivity contribution in [1.82, 2.24) is 0 Å². The Morgan fingerprint density at radius 2 is 2.17 bits per heavy atom. The number of primary amides is 1. The lowest BCUT2D eigenvalue weighted by Gasteiger charge is -1.95. The second-order valence-electron chi connectivity index (χ2n) is 2.72. The first-order chi connectivity index (χ1) is 5.72. The lowest BCUT2D eigenvalue weighted by Crippen LogP contribution is -2.12. The van der Waals surface area contributed by atoms with Crippen LogP contribution in [0.5, 0.6) is 0 Å². The number of hydrogen-bond acceptors (Lipinski definition) is 1. The van der Waals surface area contributed by atoms with Crippen LogP contribution in [0.3, 0.4) is 0 Å². The third-order valence-corrected chi connectivity index (χ3v) is 1.68. The van der Waals surface area contributed by atoms with Crippen molar-refractivity contribution in [3.05, 3.63) is 24.3 Å². The molecule has 2 nitrogen and oxygen atoms in total. The molecule has 12 heavy (non-hydrogen) atoms. The molecule has 0 bridgehead atoms. The number of nitrogens with two attached hydrogens (primary N) is 1. The van der Waals surface area contributed by atoms with Gasteiger partial charge in [0.2, 0.25) is 5.91 Å². The molecular formula is C10H17NO. The summed E-state index contributed by atoms with van der Waals surface area (Å²) in [5.41, 5.74) is 5.62. The van der Waals surface area contributed by atoms with Gasteiger partial charge in [-0.05, 0) is 12.8 Å². The Morgan fingerprint density at radius 1 is 1.50 bits per heavy atom. The maximum Gasteiger partial charge on any atom is 0.248 e. The smallest absolute Gasteiger partial charge is 0.248 e. The summed E-state index contributed by atoms with van der Waals surface area (Å²) in [7, 11) is 0. The van der Waals surface area contributed by atoms with Crippen molar-refractivity contribution in [1.29, 1.82) is 0 Å². The molecule has 0 radical (unpaired) electrons. The first kappa shape index (κ1) is 11.0.